The van der Waals surface area contributed by atoms with Crippen LogP contribution in [0.25, 0.3) is 0 Å². The molecule has 43 heteroatoms. The fraction of sp³-hybridized carbons (Fsp3) is 0.376. The number of halogens is 10. The average Bonchev–Trinajstić information content (AvgIpc) is 0.759. The van der Waals surface area contributed by atoms with E-state index in [1.54, 1.807) is 80.6 Å². The fourth-order valence-corrected chi connectivity index (χ4v) is 21.1. The highest BCUT2D eigenvalue weighted by molar-refractivity contribution is 7.93. The number of benzene rings is 5. The van der Waals surface area contributed by atoms with Gasteiger partial charge in [0.15, 0.2) is 0 Å². The maximum atomic E-state index is 14.2. The van der Waals surface area contributed by atoms with Crippen LogP contribution in [0.5, 0.6) is 40.6 Å². The minimum atomic E-state index is -4.42. The van der Waals surface area contributed by atoms with E-state index < -0.39 is 65.3 Å². The molecule has 0 amide bonds. The first-order valence-corrected chi connectivity index (χ1v) is 47.2. The molecule has 5 aromatic carbocycles. The van der Waals surface area contributed by atoms with Crippen LogP contribution in [0, 0.1) is 13.8 Å². The van der Waals surface area contributed by atoms with E-state index in [-0.39, 0.29) is 129 Å². The number of nitrogens with zero attached hydrogens (tertiary/aromatic N) is 14. The molecule has 11 aromatic rings. The first-order chi connectivity index (χ1) is 64.5. The maximum Gasteiger partial charge on any atom is 0.416 e. The second kappa shape index (κ2) is 45.5. The van der Waals surface area contributed by atoms with Gasteiger partial charge in [-0.25, -0.2) is 78.7 Å². The monoisotopic (exact) mass is 1970 g/mol. The molecule has 3 aliphatic rings. The fourth-order valence-electron chi connectivity index (χ4n) is 16.5. The number of pyridine rings is 3. The predicted octanol–water partition coefficient (Wildman–Crippen LogP) is 17.2. The molecule has 9 atom stereocenters. The maximum absolute atomic E-state index is 14.2. The van der Waals surface area contributed by atoms with Crippen molar-refractivity contribution in [1.82, 2.24) is 59.6 Å². The van der Waals surface area contributed by atoms with E-state index in [0.29, 0.717) is 120 Å². The molecule has 3 aliphatic carbocycles. The smallest absolute Gasteiger partial charge is 0.416 e. The van der Waals surface area contributed by atoms with Crippen LogP contribution in [0.15, 0.2) is 216 Å². The molecule has 0 saturated heterocycles. The summed E-state index contributed by atoms with van der Waals surface area (Å²) >= 11 is 6.62. The van der Waals surface area contributed by atoms with Gasteiger partial charge in [-0.1, -0.05) is 66.2 Å². The highest BCUT2D eigenvalue weighted by Gasteiger charge is 2.42. The molecule has 3 fully saturated rings. The van der Waals surface area contributed by atoms with Gasteiger partial charge >= 0.3 is 18.5 Å². The van der Waals surface area contributed by atoms with Gasteiger partial charge in [0.25, 0.3) is 36.5 Å². The van der Waals surface area contributed by atoms with Crippen molar-refractivity contribution < 1.29 is 108 Å². The van der Waals surface area contributed by atoms with Crippen molar-refractivity contribution >= 4 is 65.6 Å². The molecule has 0 bridgehead atoms. The number of sulfonamides is 3. The van der Waals surface area contributed by atoms with E-state index in [1.807, 2.05) is 57.0 Å². The molecule has 0 unspecified atom stereocenters. The van der Waals surface area contributed by atoms with Crippen molar-refractivity contribution in [2.45, 2.75) is 172 Å². The van der Waals surface area contributed by atoms with Gasteiger partial charge in [-0.2, -0.15) is 39.5 Å². The first-order valence-electron chi connectivity index (χ1n) is 42.4. The van der Waals surface area contributed by atoms with E-state index in [9.17, 15) is 64.8 Å². The lowest BCUT2D eigenvalue weighted by atomic mass is 9.79. The largest absolute Gasteiger partial charge is 0.497 e. The molecule has 728 valence electrons. The molecule has 0 aliphatic heterocycles. The van der Waals surface area contributed by atoms with Crippen LogP contribution in [0.2, 0.25) is 5.02 Å². The quantitative estimate of drug-likeness (QED) is 0.0325. The summed E-state index contributed by atoms with van der Waals surface area (Å²) in [5.74, 6) is 2.82. The van der Waals surface area contributed by atoms with Crippen molar-refractivity contribution in [3.05, 3.63) is 262 Å². The molecule has 3 saturated carbocycles. The number of carbonyl (C=O) groups is 1. The molecule has 2 N–H and O–H groups in total. The molecule has 6 heterocycles. The highest BCUT2D eigenvalue weighted by Crippen LogP contribution is 2.45. The number of nitrogens with one attached hydrogen (secondary N) is 1. The summed E-state index contributed by atoms with van der Waals surface area (Å²) in [4.78, 5) is 50.9. The minimum absolute atomic E-state index is 0.00382. The van der Waals surface area contributed by atoms with Gasteiger partial charge in [0.05, 0.1) is 81.8 Å². The van der Waals surface area contributed by atoms with E-state index in [1.165, 1.54) is 143 Å². The average molecular weight is 1970 g/mol. The molecule has 14 rings (SSSR count). The molecule has 6 aromatic heterocycles. The van der Waals surface area contributed by atoms with Crippen molar-refractivity contribution in [1.29, 1.82) is 0 Å². The van der Waals surface area contributed by atoms with Crippen LogP contribution >= 0.6 is 11.6 Å². The zero-order chi connectivity index (χ0) is 98.8. The summed E-state index contributed by atoms with van der Waals surface area (Å²) in [7, 11) is 4.94. The third-order valence-electron chi connectivity index (χ3n) is 23.5. The number of anilines is 3. The molecule has 0 spiro atoms. The minimum Gasteiger partial charge on any atom is -0.497 e. The number of aryl methyl sites for hydroxylation is 2. The standard InChI is InChI=1S/C34H38F3N5O5S.C33H35ClF3N5O5S.C25H28F3N5O3S.CH2O2/c1-22-15-33(47-29-12-10-24(17-28(29)41(2)3)23-7-6-8-26(16-23)34(35,36)37)39-19-31(22)48(43,44)42(32-13-14-38-21-40-32)20-25-9-11-27(45-4)18-30(25)46-5;1-41(2)27-15-22(21-6-5-7-24(14-21)33(35,36)37)9-11-28(27)47-32-17-26(34)30(18-39-32)48(43,44)42(31-12-13-38-20-40-31)19-23-8-10-25(45-3)16-29(23)46-4;1-16-11-24(30-14-22(16)37(34,35)32-23-9-10-29-15-31-23)36-21-8-7-18(13-20(21)33(2)3)17-5-4-6-19(12-17)25(26,27)28;2-1-3/h6-9,11,13-16,18-19,21,24,28-29H,10,12,17,20H2,1-5H3;5-8,10,12-14,16-18,20,22,27-28H,9,11,15,19H2,1-4H3;4-6,9-12,14-15,18,20-21H,7-8,13H2,1-3H3,(H,29,31,32);1H,(H,2,3)/t24-,28-,29-;22-,27-,28-;18-,20-,21-;/m000./s1. The van der Waals surface area contributed by atoms with Gasteiger partial charge in [0.1, 0.15) is 92.4 Å². The van der Waals surface area contributed by atoms with Crippen LogP contribution in [-0.4, -0.2) is 204 Å². The Hall–Kier alpha value is -12.4. The number of methoxy groups -OCH3 is 4. The number of ether oxygens (including phenoxy) is 7. The normalized spacial score (nSPS) is 18.7. The van der Waals surface area contributed by atoms with Crippen molar-refractivity contribution in [3.8, 4) is 40.6 Å². The van der Waals surface area contributed by atoms with Gasteiger partial charge < -0.3 is 53.0 Å². The number of carboxylic acid groups (broad SMARTS) is 1. The van der Waals surface area contributed by atoms with Crippen molar-refractivity contribution in [3.63, 3.8) is 0 Å². The lowest BCUT2D eigenvalue weighted by molar-refractivity contribution is -0.138. The van der Waals surface area contributed by atoms with Crippen LogP contribution in [0.3, 0.4) is 0 Å². The van der Waals surface area contributed by atoms with E-state index in [2.05, 4.69) is 49.6 Å². The predicted molar refractivity (Wildman–Crippen MR) is 488 cm³/mol. The summed E-state index contributed by atoms with van der Waals surface area (Å²) in [5, 5.41) is 6.78. The summed E-state index contributed by atoms with van der Waals surface area (Å²) in [6.07, 6.45) is 2.95. The van der Waals surface area contributed by atoms with Gasteiger partial charge in [0, 0.05) is 90.3 Å². The molecular formula is C93H103ClF9N15O15S3. The van der Waals surface area contributed by atoms with Crippen LogP contribution < -0.4 is 46.5 Å². The Morgan fingerprint density at radius 1 is 0.434 bits per heavy atom. The van der Waals surface area contributed by atoms with Crippen LogP contribution in [-0.2, 0) is 66.5 Å². The van der Waals surface area contributed by atoms with Gasteiger partial charge in [0.2, 0.25) is 17.6 Å². The molecule has 0 radical (unpaired) electrons. The molecular weight excluding hydrogens is 1870 g/mol. The lowest BCUT2D eigenvalue weighted by Gasteiger charge is -2.39. The van der Waals surface area contributed by atoms with E-state index in [4.69, 9.17) is 54.7 Å². The molecule has 136 heavy (non-hydrogen) atoms. The Balaban J connectivity index is 0.000000195. The second-order valence-electron chi connectivity index (χ2n) is 32.8. The summed E-state index contributed by atoms with van der Waals surface area (Å²) in [5.41, 5.74) is 1.97. The zero-order valence-corrected chi connectivity index (χ0v) is 79.2. The Bertz CT molecular complexity index is 5960. The Kier molecular flexibility index (Phi) is 34.9. The highest BCUT2D eigenvalue weighted by atomic mass is 35.5. The van der Waals surface area contributed by atoms with Gasteiger partial charge in [-0.05, 0) is 208 Å². The third kappa shape index (κ3) is 26.5. The van der Waals surface area contributed by atoms with E-state index in [0.717, 1.165) is 28.7 Å². The topological polar surface area (TPSA) is 349 Å². The van der Waals surface area contributed by atoms with Gasteiger partial charge in [-0.15, -0.1) is 0 Å². The summed E-state index contributed by atoms with van der Waals surface area (Å²) in [6.45, 7) is 2.82. The van der Waals surface area contributed by atoms with Crippen molar-refractivity contribution in [2.24, 2.45) is 0 Å². The Morgan fingerprint density at radius 3 is 1.10 bits per heavy atom. The summed E-state index contributed by atoms with van der Waals surface area (Å²) in [6, 6.07) is 35.2. The third-order valence-corrected chi connectivity index (χ3v) is 29.1. The van der Waals surface area contributed by atoms with E-state index >= 15 is 0 Å². The van der Waals surface area contributed by atoms with Crippen LogP contribution in [0.4, 0.5) is 57.0 Å². The lowest BCUT2D eigenvalue weighted by Crippen LogP contribution is -2.46. The number of likely N-dealkylation sites (N-methyl/N-ethyl adjacent to an activating group) is 3. The zero-order valence-electron chi connectivity index (χ0n) is 76.0. The Labute approximate surface area is 787 Å². The Morgan fingerprint density at radius 2 is 0.779 bits per heavy atom. The first kappa shape index (κ1) is 104. The van der Waals surface area contributed by atoms with Gasteiger partial charge in [-0.3, -0.25) is 9.52 Å². The van der Waals surface area contributed by atoms with Crippen LogP contribution in [0.1, 0.15) is 131 Å². The number of hydrogen-bond acceptors (Lipinski definition) is 26. The second-order valence-corrected chi connectivity index (χ2v) is 38.5. The number of alkyl halides is 9. The SMILES string of the molecule is COc1ccc(CN(c2ccncn2)S(=O)(=O)c2cnc(O[C@H]3CC[C@H](c4cccc(C(F)(F)F)c4)C[C@@H]3N(C)C)cc2C)c(OC)c1.COc1ccc(CN(c2ccncn2)S(=O)(=O)c2cnc(O[C@H]3CC[C@H](c4cccc(C(F)(F)F)c4)C[C@@H]3N(C)C)cc2Cl)c(OC)c1.Cc1cc(O[C@H]2CC[C@H](c3cccc(C(F)(F)F)c3)C[C@@H]2N(C)C)ncc1S(=O)(=O)Nc1ccncn1.O=CO. The number of rotatable bonds is 29. The number of hydrogen-bond donors (Lipinski definition) is 2. The summed E-state index contributed by atoms with van der Waals surface area (Å²) < 4.78 is 247. The molecule has 30 nitrogen and oxygen atoms in total. The number of aromatic nitrogens is 9. The van der Waals surface area contributed by atoms with Crippen molar-refractivity contribution in [2.75, 3.05) is 84.1 Å².